The minimum Gasteiger partial charge on any atom is -0.352 e. The number of nitrogens with zero attached hydrogens (tertiary/aromatic N) is 4. The van der Waals surface area contributed by atoms with Crippen molar-refractivity contribution < 1.29 is 9.53 Å². The molecule has 3 aliphatic heterocycles. The Labute approximate surface area is 163 Å². The van der Waals surface area contributed by atoms with Crippen LogP contribution in [0, 0.1) is 0 Å². The summed E-state index contributed by atoms with van der Waals surface area (Å²) in [6, 6.07) is 2.20. The van der Waals surface area contributed by atoms with Crippen LogP contribution >= 0.6 is 11.3 Å². The van der Waals surface area contributed by atoms with Crippen LogP contribution in [0.4, 0.5) is 0 Å². The van der Waals surface area contributed by atoms with Crippen molar-refractivity contribution in [3.8, 4) is 0 Å². The van der Waals surface area contributed by atoms with E-state index in [1.165, 1.54) is 5.56 Å². The van der Waals surface area contributed by atoms with Crippen LogP contribution < -0.4 is 0 Å². The van der Waals surface area contributed by atoms with Gasteiger partial charge in [-0.05, 0) is 48.1 Å². The van der Waals surface area contributed by atoms with Gasteiger partial charge >= 0.3 is 0 Å². The van der Waals surface area contributed by atoms with Crippen molar-refractivity contribution in [1.29, 1.82) is 0 Å². The molecule has 7 heteroatoms. The van der Waals surface area contributed by atoms with Crippen LogP contribution in [0.3, 0.4) is 0 Å². The Morgan fingerprint density at radius 2 is 2.07 bits per heavy atom. The predicted molar refractivity (Wildman–Crippen MR) is 103 cm³/mol. The first kappa shape index (κ1) is 17.4. The summed E-state index contributed by atoms with van der Waals surface area (Å²) in [6.07, 6.45) is 7.46. The van der Waals surface area contributed by atoms with Crippen LogP contribution in [-0.2, 0) is 28.2 Å². The first-order chi connectivity index (χ1) is 13.2. The lowest BCUT2D eigenvalue weighted by Crippen LogP contribution is -2.54. The molecule has 0 aliphatic carbocycles. The molecule has 144 valence electrons. The normalized spacial score (nSPS) is 25.0. The second-order valence-corrected chi connectivity index (χ2v) is 8.72. The van der Waals surface area contributed by atoms with Gasteiger partial charge in [-0.3, -0.25) is 9.69 Å². The first-order valence-corrected chi connectivity index (χ1v) is 10.9. The van der Waals surface area contributed by atoms with Crippen molar-refractivity contribution in [2.75, 3.05) is 26.2 Å². The average Bonchev–Trinajstić information content (AvgIpc) is 3.45. The molecule has 6 nitrogen and oxygen atoms in total. The molecule has 2 saturated heterocycles. The summed E-state index contributed by atoms with van der Waals surface area (Å²) in [5.41, 5.74) is 0.955. The number of hydrogen-bond donors (Lipinski definition) is 0. The number of thiophene rings is 1. The van der Waals surface area contributed by atoms with Crippen molar-refractivity contribution >= 4 is 17.2 Å². The molecular formula is C20H26N4O2S. The number of ether oxygens (including phenoxy) is 1. The molecule has 1 amide bonds. The lowest BCUT2D eigenvalue weighted by Gasteiger charge is -2.46. The van der Waals surface area contributed by atoms with E-state index in [9.17, 15) is 4.79 Å². The number of amides is 1. The number of imidazole rings is 1. The highest BCUT2D eigenvalue weighted by Gasteiger charge is 2.47. The second kappa shape index (κ2) is 7.04. The smallest absolute Gasteiger partial charge is 0.253 e. The number of aromatic nitrogens is 2. The van der Waals surface area contributed by atoms with Crippen molar-refractivity contribution in [1.82, 2.24) is 19.4 Å². The van der Waals surface area contributed by atoms with E-state index in [4.69, 9.17) is 4.74 Å². The van der Waals surface area contributed by atoms with Gasteiger partial charge in [-0.2, -0.15) is 11.3 Å². The summed E-state index contributed by atoms with van der Waals surface area (Å²) in [6.45, 7) is 5.25. The Kier molecular flexibility index (Phi) is 4.53. The third-order valence-electron chi connectivity index (χ3n) is 6.20. The highest BCUT2D eigenvalue weighted by Crippen LogP contribution is 2.40. The summed E-state index contributed by atoms with van der Waals surface area (Å²) >= 11 is 1.75. The summed E-state index contributed by atoms with van der Waals surface area (Å²) in [5, 5.41) is 4.36. The minimum atomic E-state index is -0.424. The van der Waals surface area contributed by atoms with E-state index < -0.39 is 5.60 Å². The molecule has 2 fully saturated rings. The number of hydrogen-bond acceptors (Lipinski definition) is 5. The zero-order chi connectivity index (χ0) is 18.3. The molecule has 27 heavy (non-hydrogen) atoms. The fraction of sp³-hybridized carbons (Fsp3) is 0.600. The first-order valence-electron chi connectivity index (χ1n) is 9.95. The van der Waals surface area contributed by atoms with E-state index in [2.05, 4.69) is 31.3 Å². The largest absolute Gasteiger partial charge is 0.352 e. The van der Waals surface area contributed by atoms with Gasteiger partial charge in [-0.1, -0.05) is 0 Å². The van der Waals surface area contributed by atoms with Gasteiger partial charge in [-0.25, -0.2) is 4.98 Å². The molecule has 0 aromatic carbocycles. The van der Waals surface area contributed by atoms with E-state index in [1.807, 2.05) is 17.3 Å². The quantitative estimate of drug-likeness (QED) is 0.813. The maximum Gasteiger partial charge on any atom is 0.253 e. The molecule has 2 aromatic heterocycles. The fourth-order valence-electron chi connectivity index (χ4n) is 4.72. The Hall–Kier alpha value is -1.70. The number of fused-ring (bicyclic) bond motifs is 2. The summed E-state index contributed by atoms with van der Waals surface area (Å²) in [5.74, 6) is 1.16. The van der Waals surface area contributed by atoms with Gasteiger partial charge in [-0.15, -0.1) is 0 Å². The van der Waals surface area contributed by atoms with Gasteiger partial charge in [0.2, 0.25) is 0 Å². The molecule has 0 unspecified atom stereocenters. The van der Waals surface area contributed by atoms with Crippen molar-refractivity contribution in [2.45, 2.75) is 50.5 Å². The molecule has 5 heterocycles. The fourth-order valence-corrected chi connectivity index (χ4v) is 5.38. The van der Waals surface area contributed by atoms with E-state index in [1.54, 1.807) is 11.3 Å². The number of carbonyl (C=O) groups is 1. The Balaban J connectivity index is 1.33. The van der Waals surface area contributed by atoms with E-state index in [0.29, 0.717) is 6.54 Å². The summed E-state index contributed by atoms with van der Waals surface area (Å²) < 4.78 is 8.71. The minimum absolute atomic E-state index is 0.159. The zero-order valence-electron chi connectivity index (χ0n) is 15.5. The molecule has 1 atom stereocenters. The molecule has 1 spiro atoms. The molecule has 2 aromatic rings. The zero-order valence-corrected chi connectivity index (χ0v) is 16.4. The van der Waals surface area contributed by atoms with Gasteiger partial charge in [0.05, 0.1) is 6.54 Å². The molecule has 0 bridgehead atoms. The van der Waals surface area contributed by atoms with Crippen molar-refractivity contribution in [3.05, 3.63) is 40.6 Å². The van der Waals surface area contributed by atoms with Crippen LogP contribution in [0.2, 0.25) is 0 Å². The van der Waals surface area contributed by atoms with Gasteiger partial charge in [0, 0.05) is 45.1 Å². The third-order valence-corrected chi connectivity index (χ3v) is 6.93. The highest BCUT2D eigenvalue weighted by molar-refractivity contribution is 7.07. The standard InChI is InChI=1S/C20H26N4O2S/c25-18(23-7-1-2-8-23)17-14-24-11-6-21-19(24)20(26-17)4-9-22(10-5-20)13-16-3-12-27-15-16/h3,6,11-12,15,17H,1-2,4-5,7-10,13-14H2/t17-/m1/s1. The summed E-state index contributed by atoms with van der Waals surface area (Å²) in [7, 11) is 0. The van der Waals surface area contributed by atoms with E-state index in [-0.39, 0.29) is 12.0 Å². The molecule has 3 aliphatic rings. The number of rotatable bonds is 3. The Morgan fingerprint density at radius 1 is 1.26 bits per heavy atom. The van der Waals surface area contributed by atoms with Crippen molar-refractivity contribution in [3.63, 3.8) is 0 Å². The predicted octanol–water partition coefficient (Wildman–Crippen LogP) is 2.46. The molecule has 5 rings (SSSR count). The maximum atomic E-state index is 13.0. The number of carbonyl (C=O) groups excluding carboxylic acids is 1. The van der Waals surface area contributed by atoms with Crippen LogP contribution in [0.1, 0.15) is 37.1 Å². The van der Waals surface area contributed by atoms with Gasteiger partial charge in [0.15, 0.2) is 6.10 Å². The number of piperidine rings is 1. The van der Waals surface area contributed by atoms with Crippen LogP contribution in [0.25, 0.3) is 0 Å². The van der Waals surface area contributed by atoms with Crippen LogP contribution in [0.5, 0.6) is 0 Å². The van der Waals surface area contributed by atoms with E-state index in [0.717, 1.165) is 64.2 Å². The Bertz CT molecular complexity index is 789. The van der Waals surface area contributed by atoms with Crippen LogP contribution in [0.15, 0.2) is 29.2 Å². The van der Waals surface area contributed by atoms with Gasteiger partial charge < -0.3 is 14.2 Å². The molecule has 0 radical (unpaired) electrons. The highest BCUT2D eigenvalue weighted by atomic mass is 32.1. The lowest BCUT2D eigenvalue weighted by atomic mass is 9.88. The van der Waals surface area contributed by atoms with Gasteiger partial charge in [0.25, 0.3) is 5.91 Å². The van der Waals surface area contributed by atoms with Crippen LogP contribution in [-0.4, -0.2) is 57.5 Å². The Morgan fingerprint density at radius 3 is 2.81 bits per heavy atom. The SMILES string of the molecule is O=C([C@H]1Cn2ccnc2C2(CCN(Cc3ccsc3)CC2)O1)N1CCCC1. The van der Waals surface area contributed by atoms with Gasteiger partial charge in [0.1, 0.15) is 11.4 Å². The third kappa shape index (κ3) is 3.22. The van der Waals surface area contributed by atoms with E-state index >= 15 is 0 Å². The molecular weight excluding hydrogens is 360 g/mol. The number of likely N-dealkylation sites (tertiary alicyclic amines) is 2. The average molecular weight is 387 g/mol. The second-order valence-electron chi connectivity index (χ2n) is 7.94. The summed E-state index contributed by atoms with van der Waals surface area (Å²) in [4.78, 5) is 22.1. The monoisotopic (exact) mass is 386 g/mol. The lowest BCUT2D eigenvalue weighted by molar-refractivity contribution is -0.180. The topological polar surface area (TPSA) is 50.6 Å². The maximum absolute atomic E-state index is 13.0. The van der Waals surface area contributed by atoms with Crippen molar-refractivity contribution in [2.24, 2.45) is 0 Å². The molecule has 0 saturated carbocycles. The molecule has 0 N–H and O–H groups in total.